The minimum absolute atomic E-state index is 0.0363. The SMILES string of the molecule is CN1C(=O)/C(=C\C=C\N2CCCCC2)N(C)C1=S. The van der Waals surface area contributed by atoms with Gasteiger partial charge in [-0.05, 0) is 49.8 Å². The fourth-order valence-electron chi connectivity index (χ4n) is 2.24. The zero-order valence-corrected chi connectivity index (χ0v) is 11.7. The summed E-state index contributed by atoms with van der Waals surface area (Å²) in [6, 6.07) is 0. The van der Waals surface area contributed by atoms with E-state index in [1.807, 2.05) is 19.2 Å². The van der Waals surface area contributed by atoms with Crippen molar-refractivity contribution in [1.82, 2.24) is 14.7 Å². The average molecular weight is 265 g/mol. The first-order valence-electron chi connectivity index (χ1n) is 6.29. The van der Waals surface area contributed by atoms with Gasteiger partial charge >= 0.3 is 0 Å². The Labute approximate surface area is 114 Å². The molecule has 2 rings (SSSR count). The standard InChI is InChI=1S/C13H19N3OS/c1-14-11(12(17)15(2)13(14)18)7-6-10-16-8-4-3-5-9-16/h6-7,10H,3-5,8-9H2,1-2H3/b10-6+,11-7+. The molecule has 0 aliphatic carbocycles. The number of allylic oxidation sites excluding steroid dienone is 2. The lowest BCUT2D eigenvalue weighted by Crippen LogP contribution is -2.26. The molecule has 0 radical (unpaired) electrons. The lowest BCUT2D eigenvalue weighted by molar-refractivity contribution is -0.121. The number of piperidine rings is 1. The molecule has 2 fully saturated rings. The summed E-state index contributed by atoms with van der Waals surface area (Å²) in [5, 5.41) is 0.553. The van der Waals surface area contributed by atoms with Crippen LogP contribution in [0.5, 0.6) is 0 Å². The van der Waals surface area contributed by atoms with Crippen molar-refractivity contribution >= 4 is 23.2 Å². The third-order valence-electron chi connectivity index (χ3n) is 3.40. The summed E-state index contributed by atoms with van der Waals surface area (Å²) in [5.74, 6) is -0.0363. The fraction of sp³-hybridized carbons (Fsp3) is 0.538. The van der Waals surface area contributed by atoms with Crippen LogP contribution in [-0.4, -0.2) is 52.9 Å². The molecule has 0 aromatic rings. The minimum Gasteiger partial charge on any atom is -0.377 e. The highest BCUT2D eigenvalue weighted by Crippen LogP contribution is 2.17. The van der Waals surface area contributed by atoms with Crippen LogP contribution in [0.2, 0.25) is 0 Å². The van der Waals surface area contributed by atoms with Crippen LogP contribution in [0.15, 0.2) is 24.0 Å². The van der Waals surface area contributed by atoms with Crippen molar-refractivity contribution in [3.8, 4) is 0 Å². The molecule has 0 spiro atoms. The van der Waals surface area contributed by atoms with Gasteiger partial charge in [-0.3, -0.25) is 9.69 Å². The molecule has 0 aromatic heterocycles. The lowest BCUT2D eigenvalue weighted by atomic mass is 10.1. The Morgan fingerprint density at radius 2 is 1.78 bits per heavy atom. The maximum Gasteiger partial charge on any atom is 0.276 e. The number of amides is 1. The van der Waals surface area contributed by atoms with E-state index in [2.05, 4.69) is 11.1 Å². The lowest BCUT2D eigenvalue weighted by Gasteiger charge is -2.24. The largest absolute Gasteiger partial charge is 0.377 e. The molecule has 0 N–H and O–H groups in total. The molecule has 98 valence electrons. The van der Waals surface area contributed by atoms with Gasteiger partial charge in [0.25, 0.3) is 5.91 Å². The third kappa shape index (κ3) is 2.56. The summed E-state index contributed by atoms with van der Waals surface area (Å²) in [6.45, 7) is 2.23. The third-order valence-corrected chi connectivity index (χ3v) is 3.95. The monoisotopic (exact) mass is 265 g/mol. The number of likely N-dealkylation sites (tertiary alicyclic amines) is 1. The predicted molar refractivity (Wildman–Crippen MR) is 75.8 cm³/mol. The number of likely N-dealkylation sites (N-methyl/N-ethyl adjacent to an activating group) is 2. The van der Waals surface area contributed by atoms with Gasteiger partial charge in [-0.25, -0.2) is 0 Å². The molecule has 0 bridgehead atoms. The number of carbonyl (C=O) groups excluding carboxylic acids is 1. The van der Waals surface area contributed by atoms with Crippen LogP contribution in [0.25, 0.3) is 0 Å². The summed E-state index contributed by atoms with van der Waals surface area (Å²) < 4.78 is 0. The number of hydrogen-bond donors (Lipinski definition) is 0. The van der Waals surface area contributed by atoms with Crippen LogP contribution in [0.3, 0.4) is 0 Å². The molecule has 1 amide bonds. The molecule has 4 nitrogen and oxygen atoms in total. The van der Waals surface area contributed by atoms with Crippen LogP contribution in [0, 0.1) is 0 Å². The highest BCUT2D eigenvalue weighted by Gasteiger charge is 2.32. The first-order valence-corrected chi connectivity index (χ1v) is 6.70. The molecule has 18 heavy (non-hydrogen) atoms. The Hall–Kier alpha value is -1.36. The molecule has 0 saturated carbocycles. The molecular weight excluding hydrogens is 246 g/mol. The molecular formula is C13H19N3OS. The van der Waals surface area contributed by atoms with E-state index in [1.54, 1.807) is 11.9 Å². The normalized spacial score (nSPS) is 23.9. The smallest absolute Gasteiger partial charge is 0.276 e. The number of carbonyl (C=O) groups is 1. The predicted octanol–water partition coefficient (Wildman–Crippen LogP) is 1.56. The zero-order valence-electron chi connectivity index (χ0n) is 10.9. The van der Waals surface area contributed by atoms with Gasteiger partial charge < -0.3 is 9.80 Å². The summed E-state index contributed by atoms with van der Waals surface area (Å²) in [6.07, 6.45) is 9.68. The van der Waals surface area contributed by atoms with Crippen molar-refractivity contribution in [3.63, 3.8) is 0 Å². The minimum atomic E-state index is -0.0363. The van der Waals surface area contributed by atoms with Gasteiger partial charge in [-0.1, -0.05) is 0 Å². The quantitative estimate of drug-likeness (QED) is 0.559. The maximum absolute atomic E-state index is 11.9. The Morgan fingerprint density at radius 3 is 2.33 bits per heavy atom. The average Bonchev–Trinajstić information content (AvgIpc) is 2.57. The van der Waals surface area contributed by atoms with Crippen LogP contribution in [0.4, 0.5) is 0 Å². The Bertz CT molecular complexity index is 410. The Morgan fingerprint density at radius 1 is 1.11 bits per heavy atom. The first kappa shape index (κ1) is 13.1. The summed E-state index contributed by atoms with van der Waals surface area (Å²) in [4.78, 5) is 17.4. The molecule has 0 unspecified atom stereocenters. The van der Waals surface area contributed by atoms with Crippen molar-refractivity contribution in [1.29, 1.82) is 0 Å². The van der Waals surface area contributed by atoms with E-state index in [-0.39, 0.29) is 5.91 Å². The number of nitrogens with zero attached hydrogens (tertiary/aromatic N) is 3. The van der Waals surface area contributed by atoms with Gasteiger partial charge in [0.05, 0.1) is 0 Å². The van der Waals surface area contributed by atoms with Crippen LogP contribution >= 0.6 is 12.2 Å². The molecule has 0 aromatic carbocycles. The maximum atomic E-state index is 11.9. The number of rotatable bonds is 2. The summed E-state index contributed by atoms with van der Waals surface area (Å²) in [5.41, 5.74) is 0.635. The van der Waals surface area contributed by atoms with E-state index in [0.717, 1.165) is 13.1 Å². The van der Waals surface area contributed by atoms with Crippen molar-refractivity contribution in [2.24, 2.45) is 0 Å². The van der Waals surface area contributed by atoms with Crippen molar-refractivity contribution in [2.75, 3.05) is 27.2 Å². The van der Waals surface area contributed by atoms with E-state index < -0.39 is 0 Å². The second-order valence-corrected chi connectivity index (χ2v) is 5.06. The highest BCUT2D eigenvalue weighted by molar-refractivity contribution is 7.80. The fourth-order valence-corrected chi connectivity index (χ4v) is 2.42. The van der Waals surface area contributed by atoms with Crippen molar-refractivity contribution in [3.05, 3.63) is 24.0 Å². The van der Waals surface area contributed by atoms with Gasteiger partial charge in [0.15, 0.2) is 5.11 Å². The van der Waals surface area contributed by atoms with Gasteiger partial charge in [-0.2, -0.15) is 0 Å². The van der Waals surface area contributed by atoms with Crippen molar-refractivity contribution < 1.29 is 4.79 Å². The number of thiocarbonyl (C=S) groups is 1. The van der Waals surface area contributed by atoms with Gasteiger partial charge in [0, 0.05) is 27.2 Å². The van der Waals surface area contributed by atoms with Gasteiger partial charge in [-0.15, -0.1) is 0 Å². The van der Waals surface area contributed by atoms with Gasteiger partial charge in [0.1, 0.15) is 5.70 Å². The van der Waals surface area contributed by atoms with E-state index >= 15 is 0 Å². The second kappa shape index (κ2) is 5.52. The molecule has 5 heteroatoms. The Kier molecular flexibility index (Phi) is 4.01. The van der Waals surface area contributed by atoms with E-state index in [9.17, 15) is 4.79 Å². The zero-order chi connectivity index (χ0) is 13.1. The van der Waals surface area contributed by atoms with Crippen LogP contribution in [0.1, 0.15) is 19.3 Å². The summed E-state index contributed by atoms with van der Waals surface area (Å²) >= 11 is 5.15. The van der Waals surface area contributed by atoms with Crippen molar-refractivity contribution in [2.45, 2.75) is 19.3 Å². The van der Waals surface area contributed by atoms with Crippen LogP contribution < -0.4 is 0 Å². The molecule has 2 saturated heterocycles. The van der Waals surface area contributed by atoms with Crippen LogP contribution in [-0.2, 0) is 4.79 Å². The summed E-state index contributed by atoms with van der Waals surface area (Å²) in [7, 11) is 3.53. The molecule has 2 aliphatic heterocycles. The topological polar surface area (TPSA) is 26.8 Å². The van der Waals surface area contributed by atoms with E-state index in [1.165, 1.54) is 24.2 Å². The number of hydrogen-bond acceptors (Lipinski definition) is 3. The second-order valence-electron chi connectivity index (χ2n) is 4.70. The van der Waals surface area contributed by atoms with E-state index in [0.29, 0.717) is 10.8 Å². The molecule has 2 aliphatic rings. The Balaban J connectivity index is 2.02. The molecule has 0 atom stereocenters. The van der Waals surface area contributed by atoms with Gasteiger partial charge in [0.2, 0.25) is 0 Å². The first-order chi connectivity index (χ1) is 8.61. The van der Waals surface area contributed by atoms with E-state index in [4.69, 9.17) is 12.2 Å². The highest BCUT2D eigenvalue weighted by atomic mass is 32.1. The molecule has 2 heterocycles.